The fourth-order valence-electron chi connectivity index (χ4n) is 2.01. The summed E-state index contributed by atoms with van der Waals surface area (Å²) >= 11 is 0. The fourth-order valence-corrected chi connectivity index (χ4v) is 2.94. The lowest BCUT2D eigenvalue weighted by molar-refractivity contribution is 0.588. The second-order valence-corrected chi connectivity index (χ2v) is 6.40. The van der Waals surface area contributed by atoms with Crippen molar-refractivity contribution in [1.82, 2.24) is 14.7 Å². The third-order valence-electron chi connectivity index (χ3n) is 3.15. The maximum atomic E-state index is 12.1. The Bertz CT molecular complexity index is 697. The molecule has 1 aromatic carbocycles. The van der Waals surface area contributed by atoms with Gasteiger partial charge in [-0.2, -0.15) is 0 Å². The monoisotopic (exact) mass is 309 g/mol. The molecule has 0 fully saturated rings. The third kappa shape index (κ3) is 3.34. The molecule has 1 unspecified atom stereocenters. The van der Waals surface area contributed by atoms with Crippen molar-refractivity contribution in [3.05, 3.63) is 36.4 Å². The Morgan fingerprint density at radius 2 is 2.19 bits per heavy atom. The number of nitrogens with zero attached hydrogens (tertiary/aromatic N) is 1. The highest BCUT2D eigenvalue weighted by molar-refractivity contribution is 7.89. The highest BCUT2D eigenvalue weighted by Gasteiger charge is 2.20. The van der Waals surface area contributed by atoms with E-state index in [0.717, 1.165) is 12.2 Å². The summed E-state index contributed by atoms with van der Waals surface area (Å²) in [6.45, 7) is 1.99. The summed E-state index contributed by atoms with van der Waals surface area (Å²) < 4.78 is 26.5. The van der Waals surface area contributed by atoms with E-state index in [1.54, 1.807) is 24.5 Å². The molecule has 1 aromatic heterocycles. The zero-order valence-electron chi connectivity index (χ0n) is 11.9. The molecule has 0 spiro atoms. The summed E-state index contributed by atoms with van der Waals surface area (Å²) in [5, 5.41) is 3.20. The fraction of sp³-hybridized carbons (Fsp3) is 0.308. The van der Waals surface area contributed by atoms with Gasteiger partial charge in [-0.25, -0.2) is 18.1 Å². The second kappa shape index (κ2) is 6.15. The van der Waals surface area contributed by atoms with Gasteiger partial charge in [0, 0.05) is 18.1 Å². The predicted octanol–water partition coefficient (Wildman–Crippen LogP) is 1.46. The summed E-state index contributed by atoms with van der Waals surface area (Å²) in [4.78, 5) is 7.35. The molecule has 0 saturated carbocycles. The summed E-state index contributed by atoms with van der Waals surface area (Å²) in [6, 6.07) is 4.63. The zero-order chi connectivity index (χ0) is 15.5. The van der Waals surface area contributed by atoms with Gasteiger partial charge in [0.05, 0.1) is 11.7 Å². The van der Waals surface area contributed by atoms with Gasteiger partial charge in [0.15, 0.2) is 0 Å². The molecule has 1 atom stereocenters. The first kappa shape index (κ1) is 15.3. The molecule has 0 aliphatic heterocycles. The van der Waals surface area contributed by atoms with E-state index in [2.05, 4.69) is 20.0 Å². The number of hydrogen-bond donors (Lipinski definition) is 4. The minimum Gasteiger partial charge on any atom is -0.399 e. The van der Waals surface area contributed by atoms with E-state index >= 15 is 0 Å². The van der Waals surface area contributed by atoms with E-state index in [9.17, 15) is 8.42 Å². The quantitative estimate of drug-likeness (QED) is 0.603. The Labute approximate surface area is 124 Å². The molecule has 0 amide bonds. The lowest BCUT2D eigenvalue weighted by Gasteiger charge is -2.19. The number of aromatic amines is 1. The largest absolute Gasteiger partial charge is 0.399 e. The smallest absolute Gasteiger partial charge is 0.242 e. The Morgan fingerprint density at radius 1 is 1.43 bits per heavy atom. The van der Waals surface area contributed by atoms with E-state index in [1.165, 1.54) is 13.1 Å². The molecule has 0 aliphatic carbocycles. The van der Waals surface area contributed by atoms with Gasteiger partial charge in [0.25, 0.3) is 0 Å². The van der Waals surface area contributed by atoms with Crippen LogP contribution in [0.25, 0.3) is 0 Å². The molecule has 0 saturated heterocycles. The van der Waals surface area contributed by atoms with Gasteiger partial charge < -0.3 is 16.0 Å². The van der Waals surface area contributed by atoms with E-state index in [4.69, 9.17) is 5.73 Å². The van der Waals surface area contributed by atoms with Gasteiger partial charge in [-0.15, -0.1) is 0 Å². The van der Waals surface area contributed by atoms with E-state index in [1.807, 2.05) is 6.92 Å². The predicted molar refractivity (Wildman–Crippen MR) is 82.3 cm³/mol. The van der Waals surface area contributed by atoms with Crippen molar-refractivity contribution >= 4 is 21.4 Å². The lowest BCUT2D eigenvalue weighted by atomic mass is 10.2. The third-order valence-corrected chi connectivity index (χ3v) is 4.61. The van der Waals surface area contributed by atoms with Crippen LogP contribution in [-0.2, 0) is 10.0 Å². The standard InChI is InChI=1S/C13H19N5O2S/c1-3-10(13-16-6-7-17-13)18-11-5-4-9(14)8-12(11)21(19,20)15-2/h4-8,10,15,18H,3,14H2,1-2H3,(H,16,17). The first-order valence-corrected chi connectivity index (χ1v) is 8.05. The van der Waals surface area contributed by atoms with Gasteiger partial charge >= 0.3 is 0 Å². The van der Waals surface area contributed by atoms with Gasteiger partial charge in [-0.1, -0.05) is 6.92 Å². The molecular weight excluding hydrogens is 290 g/mol. The molecule has 1 heterocycles. The molecule has 5 N–H and O–H groups in total. The van der Waals surface area contributed by atoms with Crippen LogP contribution in [0.4, 0.5) is 11.4 Å². The van der Waals surface area contributed by atoms with Crippen molar-refractivity contribution in [3.63, 3.8) is 0 Å². The average Bonchev–Trinajstić information content (AvgIpc) is 3.00. The van der Waals surface area contributed by atoms with Crippen LogP contribution in [0.1, 0.15) is 25.2 Å². The van der Waals surface area contributed by atoms with E-state index in [0.29, 0.717) is 11.4 Å². The molecule has 0 aliphatic rings. The van der Waals surface area contributed by atoms with Crippen LogP contribution in [0.15, 0.2) is 35.5 Å². The molecule has 114 valence electrons. The molecule has 0 radical (unpaired) electrons. The van der Waals surface area contributed by atoms with Crippen LogP contribution in [0.2, 0.25) is 0 Å². The second-order valence-electron chi connectivity index (χ2n) is 4.54. The van der Waals surface area contributed by atoms with E-state index < -0.39 is 10.0 Å². The maximum Gasteiger partial charge on any atom is 0.242 e. The van der Waals surface area contributed by atoms with Crippen molar-refractivity contribution in [1.29, 1.82) is 0 Å². The molecule has 8 heteroatoms. The molecule has 2 aromatic rings. The number of nitrogens with one attached hydrogen (secondary N) is 3. The van der Waals surface area contributed by atoms with Crippen molar-refractivity contribution in [2.24, 2.45) is 0 Å². The number of benzene rings is 1. The summed E-state index contributed by atoms with van der Waals surface area (Å²) in [7, 11) is -2.23. The van der Waals surface area contributed by atoms with Gasteiger partial charge in [-0.3, -0.25) is 0 Å². The average molecular weight is 309 g/mol. The highest BCUT2D eigenvalue weighted by atomic mass is 32.2. The van der Waals surface area contributed by atoms with Crippen LogP contribution in [0, 0.1) is 0 Å². The Hall–Kier alpha value is -2.06. The molecule has 2 rings (SSSR count). The highest BCUT2D eigenvalue weighted by Crippen LogP contribution is 2.28. The Kier molecular flexibility index (Phi) is 4.49. The maximum absolute atomic E-state index is 12.1. The summed E-state index contributed by atoms with van der Waals surface area (Å²) in [6.07, 6.45) is 4.14. The number of nitrogens with two attached hydrogens (primary N) is 1. The number of hydrogen-bond acceptors (Lipinski definition) is 5. The minimum atomic E-state index is -3.60. The van der Waals surface area contributed by atoms with Gasteiger partial charge in [0.2, 0.25) is 10.0 Å². The number of H-pyrrole nitrogens is 1. The molecule has 0 bridgehead atoms. The number of aromatic nitrogens is 2. The van der Waals surface area contributed by atoms with Crippen LogP contribution in [0.3, 0.4) is 0 Å². The molecule has 7 nitrogen and oxygen atoms in total. The molecule has 21 heavy (non-hydrogen) atoms. The van der Waals surface area contributed by atoms with Crippen LogP contribution < -0.4 is 15.8 Å². The van der Waals surface area contributed by atoms with E-state index in [-0.39, 0.29) is 10.9 Å². The zero-order valence-corrected chi connectivity index (χ0v) is 12.7. The Balaban J connectivity index is 2.40. The normalized spacial score (nSPS) is 13.0. The minimum absolute atomic E-state index is 0.116. The summed E-state index contributed by atoms with van der Waals surface area (Å²) in [5.41, 5.74) is 6.58. The number of anilines is 2. The first-order chi connectivity index (χ1) is 9.97. The summed E-state index contributed by atoms with van der Waals surface area (Å²) in [5.74, 6) is 0.752. The number of imidazole rings is 1. The van der Waals surface area contributed by atoms with Crippen molar-refractivity contribution in [2.45, 2.75) is 24.3 Å². The van der Waals surface area contributed by atoms with Crippen molar-refractivity contribution in [2.75, 3.05) is 18.1 Å². The Morgan fingerprint density at radius 3 is 2.76 bits per heavy atom. The number of nitrogen functional groups attached to an aromatic ring is 1. The van der Waals surface area contributed by atoms with Crippen molar-refractivity contribution < 1.29 is 8.42 Å². The van der Waals surface area contributed by atoms with Crippen LogP contribution >= 0.6 is 0 Å². The SMILES string of the molecule is CCC(Nc1ccc(N)cc1S(=O)(=O)NC)c1ncc[nH]1. The topological polar surface area (TPSA) is 113 Å². The van der Waals surface area contributed by atoms with Crippen LogP contribution in [-0.4, -0.2) is 25.4 Å². The van der Waals surface area contributed by atoms with Gasteiger partial charge in [-0.05, 0) is 31.7 Å². The van der Waals surface area contributed by atoms with Crippen LogP contribution in [0.5, 0.6) is 0 Å². The number of rotatable bonds is 6. The first-order valence-electron chi connectivity index (χ1n) is 6.56. The number of sulfonamides is 1. The molecular formula is C13H19N5O2S. The lowest BCUT2D eigenvalue weighted by Crippen LogP contribution is -2.21. The van der Waals surface area contributed by atoms with Gasteiger partial charge in [0.1, 0.15) is 10.7 Å². The van der Waals surface area contributed by atoms with Crippen molar-refractivity contribution in [3.8, 4) is 0 Å².